The Labute approximate surface area is 226 Å². The maximum absolute atomic E-state index is 12.4. The SMILES string of the molecule is CCCCC(COC(=O)C=Cc1ccc(OC(=O)C2CCC(OC(F)(F)F)CC2)cc1)c1cc(N)cc(N)c1. The van der Waals surface area contributed by atoms with Gasteiger partial charge in [-0.05, 0) is 79.6 Å². The minimum absolute atomic E-state index is 0.0192. The van der Waals surface area contributed by atoms with Crippen LogP contribution in [0.4, 0.5) is 24.5 Å². The van der Waals surface area contributed by atoms with Gasteiger partial charge in [0.15, 0.2) is 0 Å². The Hall–Kier alpha value is -3.53. The molecule has 10 heteroatoms. The number of halogens is 3. The highest BCUT2D eigenvalue weighted by Crippen LogP contribution is 2.32. The van der Waals surface area contributed by atoms with Crippen LogP contribution in [0.1, 0.15) is 68.9 Å². The van der Waals surface area contributed by atoms with E-state index in [1.807, 2.05) is 12.1 Å². The molecule has 2 aromatic carbocycles. The van der Waals surface area contributed by atoms with E-state index in [2.05, 4.69) is 11.7 Å². The van der Waals surface area contributed by atoms with Gasteiger partial charge in [-0.1, -0.05) is 31.9 Å². The number of hydrogen-bond acceptors (Lipinski definition) is 7. The first-order valence-electron chi connectivity index (χ1n) is 13.1. The summed E-state index contributed by atoms with van der Waals surface area (Å²) >= 11 is 0. The van der Waals surface area contributed by atoms with Crippen LogP contribution in [0.25, 0.3) is 6.08 Å². The van der Waals surface area contributed by atoms with Crippen molar-refractivity contribution in [1.29, 1.82) is 0 Å². The molecule has 7 nitrogen and oxygen atoms in total. The fourth-order valence-electron chi connectivity index (χ4n) is 4.58. The van der Waals surface area contributed by atoms with E-state index < -0.39 is 30.3 Å². The van der Waals surface area contributed by atoms with Crippen LogP contribution in [0.2, 0.25) is 0 Å². The van der Waals surface area contributed by atoms with E-state index in [1.165, 1.54) is 6.08 Å². The van der Waals surface area contributed by atoms with Crippen molar-refractivity contribution in [3.8, 4) is 5.75 Å². The monoisotopic (exact) mass is 548 g/mol. The predicted molar refractivity (Wildman–Crippen MR) is 142 cm³/mol. The summed E-state index contributed by atoms with van der Waals surface area (Å²) in [5, 5.41) is 0. The summed E-state index contributed by atoms with van der Waals surface area (Å²) in [6.07, 6.45) is 0.959. The third kappa shape index (κ3) is 10.3. The molecule has 2 aromatic rings. The molecule has 3 rings (SSSR count). The second-order valence-corrected chi connectivity index (χ2v) is 9.76. The molecule has 0 saturated heterocycles. The lowest BCUT2D eigenvalue weighted by molar-refractivity contribution is -0.345. The molecule has 1 atom stereocenters. The highest BCUT2D eigenvalue weighted by Gasteiger charge is 2.37. The molecule has 1 fully saturated rings. The van der Waals surface area contributed by atoms with E-state index in [1.54, 1.807) is 36.4 Å². The summed E-state index contributed by atoms with van der Waals surface area (Å²) in [7, 11) is 0. The predicted octanol–water partition coefficient (Wildman–Crippen LogP) is 6.38. The molecule has 0 heterocycles. The van der Waals surface area contributed by atoms with Gasteiger partial charge in [-0.15, -0.1) is 13.2 Å². The summed E-state index contributed by atoms with van der Waals surface area (Å²) in [6, 6.07) is 11.9. The lowest BCUT2D eigenvalue weighted by atomic mass is 9.87. The standard InChI is InChI=1S/C29H35F3N2O5/c1-2-3-4-21(22-15-23(33)17-24(34)16-22)18-37-27(35)14-7-19-5-10-25(11-6-19)38-28(36)20-8-12-26(13-9-20)39-29(30,31)32/h5-7,10-11,14-17,20-21,26H,2-4,8-9,12-13,18,33-34H2,1H3. The molecule has 1 aliphatic rings. The summed E-state index contributed by atoms with van der Waals surface area (Å²) in [6.45, 7) is 2.29. The van der Waals surface area contributed by atoms with Gasteiger partial charge in [-0.2, -0.15) is 0 Å². The van der Waals surface area contributed by atoms with Crippen LogP contribution < -0.4 is 16.2 Å². The average Bonchev–Trinajstić information content (AvgIpc) is 2.87. The third-order valence-corrected chi connectivity index (χ3v) is 6.62. The molecule has 4 N–H and O–H groups in total. The van der Waals surface area contributed by atoms with Crippen molar-refractivity contribution < 1.29 is 37.0 Å². The number of hydrogen-bond donors (Lipinski definition) is 2. The molecule has 1 unspecified atom stereocenters. The molecule has 1 saturated carbocycles. The van der Waals surface area contributed by atoms with Crippen molar-refractivity contribution >= 4 is 29.4 Å². The average molecular weight is 549 g/mol. The van der Waals surface area contributed by atoms with Crippen molar-refractivity contribution in [1.82, 2.24) is 0 Å². The molecule has 0 bridgehead atoms. The number of ether oxygens (including phenoxy) is 3. The number of esters is 2. The first-order chi connectivity index (χ1) is 18.5. The maximum atomic E-state index is 12.4. The van der Waals surface area contributed by atoms with Crippen molar-refractivity contribution in [3.63, 3.8) is 0 Å². The molecule has 0 amide bonds. The normalized spacial score (nSPS) is 18.6. The van der Waals surface area contributed by atoms with Crippen molar-refractivity contribution in [2.24, 2.45) is 5.92 Å². The van der Waals surface area contributed by atoms with Gasteiger partial charge in [0, 0.05) is 23.4 Å². The van der Waals surface area contributed by atoms with Crippen LogP contribution in [0.15, 0.2) is 48.5 Å². The van der Waals surface area contributed by atoms with E-state index >= 15 is 0 Å². The highest BCUT2D eigenvalue weighted by atomic mass is 19.4. The summed E-state index contributed by atoms with van der Waals surface area (Å²) in [4.78, 5) is 24.8. The number of nitrogen functional groups attached to an aromatic ring is 2. The van der Waals surface area contributed by atoms with Crippen LogP contribution in [-0.2, 0) is 19.1 Å². The summed E-state index contributed by atoms with van der Waals surface area (Å²) < 4.78 is 52.0. The molecular weight excluding hydrogens is 513 g/mol. The van der Waals surface area contributed by atoms with E-state index in [4.69, 9.17) is 20.9 Å². The number of carbonyl (C=O) groups excluding carboxylic acids is 2. The molecule has 39 heavy (non-hydrogen) atoms. The second kappa shape index (κ2) is 14.0. The number of carbonyl (C=O) groups is 2. The van der Waals surface area contributed by atoms with Gasteiger partial charge in [-0.3, -0.25) is 9.53 Å². The Morgan fingerprint density at radius 2 is 1.67 bits per heavy atom. The Kier molecular flexibility index (Phi) is 10.8. The van der Waals surface area contributed by atoms with Gasteiger partial charge in [0.1, 0.15) is 5.75 Å². The van der Waals surface area contributed by atoms with E-state index in [9.17, 15) is 22.8 Å². The van der Waals surface area contributed by atoms with Crippen molar-refractivity contribution in [3.05, 3.63) is 59.7 Å². The quantitative estimate of drug-likeness (QED) is 0.145. The maximum Gasteiger partial charge on any atom is 0.522 e. The number of nitrogens with two attached hydrogens (primary N) is 2. The lowest BCUT2D eigenvalue weighted by Crippen LogP contribution is -2.32. The Morgan fingerprint density at radius 3 is 2.26 bits per heavy atom. The molecule has 0 aromatic heterocycles. The van der Waals surface area contributed by atoms with E-state index in [0.29, 0.717) is 22.7 Å². The topological polar surface area (TPSA) is 114 Å². The number of anilines is 2. The molecular formula is C29H35F3N2O5. The number of benzene rings is 2. The van der Waals surface area contributed by atoms with Crippen molar-refractivity contribution in [2.75, 3.05) is 18.1 Å². The summed E-state index contributed by atoms with van der Waals surface area (Å²) in [5.74, 6) is -1.15. The van der Waals surface area contributed by atoms with Crippen LogP contribution in [-0.4, -0.2) is 31.0 Å². The fourth-order valence-corrected chi connectivity index (χ4v) is 4.58. The molecule has 1 aliphatic carbocycles. The summed E-state index contributed by atoms with van der Waals surface area (Å²) in [5.41, 5.74) is 14.6. The van der Waals surface area contributed by atoms with Crippen LogP contribution in [0, 0.1) is 5.92 Å². The largest absolute Gasteiger partial charge is 0.522 e. The van der Waals surface area contributed by atoms with Crippen LogP contribution >= 0.6 is 0 Å². The minimum Gasteiger partial charge on any atom is -0.462 e. The molecule has 0 spiro atoms. The minimum atomic E-state index is -4.67. The highest BCUT2D eigenvalue weighted by molar-refractivity contribution is 5.87. The van der Waals surface area contributed by atoms with Gasteiger partial charge in [-0.25, -0.2) is 4.79 Å². The number of unbranched alkanes of at least 4 members (excludes halogenated alkanes) is 1. The Morgan fingerprint density at radius 1 is 1.03 bits per heavy atom. The van der Waals surface area contributed by atoms with Crippen molar-refractivity contribution in [2.45, 2.75) is 70.3 Å². The van der Waals surface area contributed by atoms with Gasteiger partial charge < -0.3 is 20.9 Å². The fraction of sp³-hybridized carbons (Fsp3) is 0.448. The molecule has 0 aliphatic heterocycles. The Balaban J connectivity index is 1.47. The van der Waals surface area contributed by atoms with E-state index in [0.717, 1.165) is 24.8 Å². The number of alkyl halides is 3. The van der Waals surface area contributed by atoms with Gasteiger partial charge in [0.2, 0.25) is 0 Å². The van der Waals surface area contributed by atoms with Gasteiger partial charge >= 0.3 is 18.3 Å². The smallest absolute Gasteiger partial charge is 0.462 e. The first-order valence-corrected chi connectivity index (χ1v) is 13.1. The molecule has 212 valence electrons. The lowest BCUT2D eigenvalue weighted by Gasteiger charge is -2.27. The molecule has 0 radical (unpaired) electrons. The Bertz CT molecular complexity index is 1110. The van der Waals surface area contributed by atoms with Gasteiger partial charge in [0.05, 0.1) is 18.6 Å². The third-order valence-electron chi connectivity index (χ3n) is 6.62. The zero-order chi connectivity index (χ0) is 28.4. The van der Waals surface area contributed by atoms with Crippen LogP contribution in [0.3, 0.4) is 0 Å². The second-order valence-electron chi connectivity index (χ2n) is 9.76. The van der Waals surface area contributed by atoms with Gasteiger partial charge in [0.25, 0.3) is 0 Å². The van der Waals surface area contributed by atoms with E-state index in [-0.39, 0.29) is 38.2 Å². The van der Waals surface area contributed by atoms with Crippen LogP contribution in [0.5, 0.6) is 5.75 Å². The zero-order valence-corrected chi connectivity index (χ0v) is 21.9. The first kappa shape index (κ1) is 30.0. The number of rotatable bonds is 11. The zero-order valence-electron chi connectivity index (χ0n) is 21.9.